The van der Waals surface area contributed by atoms with Gasteiger partial charge in [-0.2, -0.15) is 0 Å². The molecule has 154 valence electrons. The fourth-order valence-corrected chi connectivity index (χ4v) is 2.54. The summed E-state index contributed by atoms with van der Waals surface area (Å²) in [7, 11) is 4.48. The number of carbonyl (C=O) groups excluding carboxylic acids is 2. The monoisotopic (exact) mass is 400 g/mol. The summed E-state index contributed by atoms with van der Waals surface area (Å²) in [4.78, 5) is 24.0. The predicted octanol–water partition coefficient (Wildman–Crippen LogP) is 3.55. The number of hydrogen-bond donors (Lipinski definition) is 0. The molecule has 0 unspecified atom stereocenters. The van der Waals surface area contributed by atoms with Gasteiger partial charge in [-0.15, -0.1) is 0 Å². The topological polar surface area (TPSA) is 80.3 Å². The molecule has 7 nitrogen and oxygen atoms in total. The normalized spacial score (nSPS) is 10.5. The molecular weight excluding hydrogens is 376 g/mol. The van der Waals surface area contributed by atoms with Gasteiger partial charge in [0, 0.05) is 5.56 Å². The first-order chi connectivity index (χ1) is 14.0. The highest BCUT2D eigenvalue weighted by Gasteiger charge is 2.15. The molecule has 0 fully saturated rings. The van der Waals surface area contributed by atoms with Gasteiger partial charge in [0.15, 0.2) is 23.9 Å². The summed E-state index contributed by atoms with van der Waals surface area (Å²) in [5.74, 6) is 1.05. The second kappa shape index (κ2) is 10.8. The van der Waals surface area contributed by atoms with E-state index < -0.39 is 5.97 Å². The van der Waals surface area contributed by atoms with Crippen LogP contribution in [0.25, 0.3) is 6.08 Å². The number of benzene rings is 2. The summed E-state index contributed by atoms with van der Waals surface area (Å²) >= 11 is 0. The molecule has 29 heavy (non-hydrogen) atoms. The van der Waals surface area contributed by atoms with Gasteiger partial charge in [-0.05, 0) is 42.8 Å². The summed E-state index contributed by atoms with van der Waals surface area (Å²) < 4.78 is 26.0. The number of methoxy groups -OCH3 is 3. The first-order valence-electron chi connectivity index (χ1n) is 8.93. The molecule has 2 rings (SSSR count). The molecule has 0 atom stereocenters. The molecule has 0 amide bonds. The lowest BCUT2D eigenvalue weighted by molar-refractivity contribution is -0.145. The van der Waals surface area contributed by atoms with Crippen molar-refractivity contribution in [2.24, 2.45) is 0 Å². The minimum atomic E-state index is -0.439. The molecule has 0 spiro atoms. The van der Waals surface area contributed by atoms with Crippen molar-refractivity contribution >= 4 is 17.8 Å². The lowest BCUT2D eigenvalue weighted by atomic mass is 10.1. The Morgan fingerprint density at radius 1 is 0.966 bits per heavy atom. The molecule has 0 bridgehead atoms. The van der Waals surface area contributed by atoms with Crippen LogP contribution >= 0.6 is 0 Å². The Balaban J connectivity index is 2.15. The van der Waals surface area contributed by atoms with Gasteiger partial charge in [0.1, 0.15) is 5.75 Å². The SMILES string of the molecule is CCOC(=O)COc1cccc(/C=C/C(=O)c2cc(OC)c(OC)c(OC)c2)c1. The molecule has 0 aliphatic carbocycles. The van der Waals surface area contributed by atoms with Crippen molar-refractivity contribution in [3.63, 3.8) is 0 Å². The summed E-state index contributed by atoms with van der Waals surface area (Å²) in [5, 5.41) is 0. The second-order valence-corrected chi connectivity index (χ2v) is 5.78. The standard InChI is InChI=1S/C22H24O7/c1-5-28-21(24)14-29-17-8-6-7-15(11-17)9-10-18(23)16-12-19(25-2)22(27-4)20(13-16)26-3/h6-13H,5,14H2,1-4H3/b10-9+. The zero-order valence-electron chi connectivity index (χ0n) is 16.9. The second-order valence-electron chi connectivity index (χ2n) is 5.78. The van der Waals surface area contributed by atoms with E-state index in [1.807, 2.05) is 6.07 Å². The Hall–Kier alpha value is -3.48. The average Bonchev–Trinajstić information content (AvgIpc) is 2.75. The quantitative estimate of drug-likeness (QED) is 0.343. The fourth-order valence-electron chi connectivity index (χ4n) is 2.54. The van der Waals surface area contributed by atoms with Gasteiger partial charge in [-0.3, -0.25) is 4.79 Å². The Morgan fingerprint density at radius 3 is 2.24 bits per heavy atom. The smallest absolute Gasteiger partial charge is 0.344 e. The van der Waals surface area contributed by atoms with Crippen molar-refractivity contribution in [3.8, 4) is 23.0 Å². The van der Waals surface area contributed by atoms with E-state index in [-0.39, 0.29) is 12.4 Å². The van der Waals surface area contributed by atoms with Crippen LogP contribution in [0.5, 0.6) is 23.0 Å². The van der Waals surface area contributed by atoms with Crippen molar-refractivity contribution < 1.29 is 33.3 Å². The number of allylic oxidation sites excluding steroid dienone is 1. The zero-order valence-corrected chi connectivity index (χ0v) is 16.9. The highest BCUT2D eigenvalue weighted by Crippen LogP contribution is 2.38. The van der Waals surface area contributed by atoms with Gasteiger partial charge in [-0.1, -0.05) is 18.2 Å². The van der Waals surface area contributed by atoms with E-state index in [4.69, 9.17) is 23.7 Å². The van der Waals surface area contributed by atoms with E-state index in [1.165, 1.54) is 27.4 Å². The Bertz CT molecular complexity index is 861. The van der Waals surface area contributed by atoms with Crippen LogP contribution in [0, 0.1) is 0 Å². The van der Waals surface area contributed by atoms with Gasteiger partial charge in [0.2, 0.25) is 5.75 Å². The summed E-state index contributed by atoms with van der Waals surface area (Å²) in [5.41, 5.74) is 1.14. The van der Waals surface area contributed by atoms with Crippen molar-refractivity contribution in [1.82, 2.24) is 0 Å². The fraction of sp³-hybridized carbons (Fsp3) is 0.273. The van der Waals surface area contributed by atoms with Crippen LogP contribution in [0.3, 0.4) is 0 Å². The van der Waals surface area contributed by atoms with Crippen LogP contribution in [0.15, 0.2) is 42.5 Å². The van der Waals surface area contributed by atoms with Gasteiger partial charge >= 0.3 is 5.97 Å². The maximum absolute atomic E-state index is 12.6. The number of carbonyl (C=O) groups is 2. The molecule has 2 aromatic rings. The molecule has 0 heterocycles. The lowest BCUT2D eigenvalue weighted by Crippen LogP contribution is -2.14. The average molecular weight is 400 g/mol. The summed E-state index contributed by atoms with van der Waals surface area (Å²) in [6.07, 6.45) is 3.09. The van der Waals surface area contributed by atoms with Crippen LogP contribution in [0.2, 0.25) is 0 Å². The minimum Gasteiger partial charge on any atom is -0.493 e. The van der Waals surface area contributed by atoms with Crippen LogP contribution < -0.4 is 18.9 Å². The maximum atomic E-state index is 12.6. The molecule has 0 aliphatic heterocycles. The third-order valence-electron chi connectivity index (χ3n) is 3.90. The molecule has 2 aromatic carbocycles. The van der Waals surface area contributed by atoms with Crippen LogP contribution in [0.1, 0.15) is 22.8 Å². The van der Waals surface area contributed by atoms with E-state index in [0.29, 0.717) is 35.2 Å². The van der Waals surface area contributed by atoms with Gasteiger partial charge in [0.25, 0.3) is 0 Å². The first kappa shape index (κ1) is 21.8. The van der Waals surface area contributed by atoms with E-state index in [9.17, 15) is 9.59 Å². The molecule has 0 aromatic heterocycles. The van der Waals surface area contributed by atoms with E-state index in [0.717, 1.165) is 5.56 Å². The molecule has 0 radical (unpaired) electrons. The van der Waals surface area contributed by atoms with Gasteiger partial charge < -0.3 is 23.7 Å². The Labute approximate surface area is 169 Å². The molecular formula is C22H24O7. The van der Waals surface area contributed by atoms with Crippen molar-refractivity contribution in [2.45, 2.75) is 6.92 Å². The van der Waals surface area contributed by atoms with Gasteiger partial charge in [-0.25, -0.2) is 4.79 Å². The third-order valence-corrected chi connectivity index (χ3v) is 3.90. The summed E-state index contributed by atoms with van der Waals surface area (Å²) in [6.45, 7) is 1.85. The Morgan fingerprint density at radius 2 is 1.66 bits per heavy atom. The molecule has 7 heteroatoms. The van der Waals surface area contributed by atoms with E-state index >= 15 is 0 Å². The van der Waals surface area contributed by atoms with Gasteiger partial charge in [0.05, 0.1) is 27.9 Å². The number of esters is 1. The number of rotatable bonds is 10. The van der Waals surface area contributed by atoms with E-state index in [2.05, 4.69) is 0 Å². The van der Waals surface area contributed by atoms with Crippen LogP contribution in [-0.2, 0) is 9.53 Å². The summed E-state index contributed by atoms with van der Waals surface area (Å²) in [6, 6.07) is 10.2. The maximum Gasteiger partial charge on any atom is 0.344 e. The molecule has 0 saturated carbocycles. The highest BCUT2D eigenvalue weighted by molar-refractivity contribution is 6.07. The molecule has 0 N–H and O–H groups in total. The number of ketones is 1. The van der Waals surface area contributed by atoms with E-state index in [1.54, 1.807) is 43.3 Å². The number of ether oxygens (including phenoxy) is 5. The third kappa shape index (κ3) is 6.00. The Kier molecular flexibility index (Phi) is 8.09. The zero-order chi connectivity index (χ0) is 21.2. The largest absolute Gasteiger partial charge is 0.493 e. The van der Waals surface area contributed by atoms with Crippen LogP contribution in [0.4, 0.5) is 0 Å². The highest BCUT2D eigenvalue weighted by atomic mass is 16.6. The predicted molar refractivity (Wildman–Crippen MR) is 108 cm³/mol. The first-order valence-corrected chi connectivity index (χ1v) is 8.93. The van der Waals surface area contributed by atoms with Crippen molar-refractivity contribution in [3.05, 3.63) is 53.6 Å². The van der Waals surface area contributed by atoms with Crippen molar-refractivity contribution in [2.75, 3.05) is 34.5 Å². The molecule has 0 saturated heterocycles. The molecule has 0 aliphatic rings. The minimum absolute atomic E-state index is 0.175. The van der Waals surface area contributed by atoms with Crippen molar-refractivity contribution in [1.29, 1.82) is 0 Å². The lowest BCUT2D eigenvalue weighted by Gasteiger charge is -2.13. The van der Waals surface area contributed by atoms with Crippen LogP contribution in [-0.4, -0.2) is 46.3 Å². The number of hydrogen-bond acceptors (Lipinski definition) is 7.